The molecule has 0 bridgehead atoms. The van der Waals surface area contributed by atoms with Gasteiger partial charge in [-0.2, -0.15) is 0 Å². The van der Waals surface area contributed by atoms with Gasteiger partial charge < -0.3 is 10.2 Å². The topological polar surface area (TPSA) is 40.5 Å². The van der Waals surface area contributed by atoms with Crippen LogP contribution in [-0.4, -0.2) is 16.8 Å². The lowest BCUT2D eigenvalue weighted by molar-refractivity contribution is 0.134. The fourth-order valence-electron chi connectivity index (χ4n) is 1.05. The number of halogens is 2. The van der Waals surface area contributed by atoms with Crippen molar-refractivity contribution in [2.45, 2.75) is 12.5 Å². The quantitative estimate of drug-likeness (QED) is 0.817. The third kappa shape index (κ3) is 3.19. The Bertz CT molecular complexity index is 291. The third-order valence-corrected chi connectivity index (χ3v) is 3.08. The summed E-state index contributed by atoms with van der Waals surface area (Å²) in [4.78, 5) is 0. The van der Waals surface area contributed by atoms with Gasteiger partial charge in [0.25, 0.3) is 0 Å². The van der Waals surface area contributed by atoms with E-state index in [1.54, 1.807) is 0 Å². The van der Waals surface area contributed by atoms with E-state index in [1.165, 1.54) is 0 Å². The molecule has 0 heterocycles. The fourth-order valence-corrected chi connectivity index (χ4v) is 2.61. The van der Waals surface area contributed by atoms with E-state index in [4.69, 9.17) is 5.11 Å². The van der Waals surface area contributed by atoms with Crippen molar-refractivity contribution in [1.82, 2.24) is 0 Å². The summed E-state index contributed by atoms with van der Waals surface area (Å²) in [5.74, 6) is 0. The van der Waals surface area contributed by atoms with E-state index in [-0.39, 0.29) is 6.61 Å². The summed E-state index contributed by atoms with van der Waals surface area (Å²) in [5, 5.41) is 18.3. The van der Waals surface area contributed by atoms with Gasteiger partial charge in [-0.05, 0) is 40.3 Å². The van der Waals surface area contributed by atoms with Crippen LogP contribution in [0, 0.1) is 3.57 Å². The van der Waals surface area contributed by atoms with Gasteiger partial charge in [0.2, 0.25) is 0 Å². The molecule has 0 saturated carbocycles. The van der Waals surface area contributed by atoms with Gasteiger partial charge in [0, 0.05) is 21.1 Å². The number of hydrogen-bond donors (Lipinski definition) is 2. The molecule has 0 aliphatic rings. The van der Waals surface area contributed by atoms with Gasteiger partial charge in [-0.1, -0.05) is 22.0 Å². The zero-order chi connectivity index (χ0) is 9.84. The predicted molar refractivity (Wildman–Crippen MR) is 63.5 cm³/mol. The van der Waals surface area contributed by atoms with Crippen LogP contribution in [-0.2, 0) is 0 Å². The zero-order valence-electron chi connectivity index (χ0n) is 6.87. The Morgan fingerprint density at radius 2 is 2.15 bits per heavy atom. The van der Waals surface area contributed by atoms with Crippen LogP contribution in [0.3, 0.4) is 0 Å². The molecular weight excluding hydrogens is 347 g/mol. The van der Waals surface area contributed by atoms with Crippen molar-refractivity contribution in [3.63, 3.8) is 0 Å². The first-order valence-electron chi connectivity index (χ1n) is 3.89. The van der Waals surface area contributed by atoms with Crippen LogP contribution in [0.4, 0.5) is 0 Å². The molecule has 4 heteroatoms. The average Bonchev–Trinajstić information content (AvgIpc) is 2.04. The molecule has 0 amide bonds. The van der Waals surface area contributed by atoms with E-state index in [0.29, 0.717) is 6.42 Å². The van der Waals surface area contributed by atoms with Gasteiger partial charge in [0.05, 0.1) is 6.10 Å². The molecule has 13 heavy (non-hydrogen) atoms. The van der Waals surface area contributed by atoms with Crippen molar-refractivity contribution in [3.8, 4) is 0 Å². The van der Waals surface area contributed by atoms with Crippen LogP contribution in [0.2, 0.25) is 0 Å². The van der Waals surface area contributed by atoms with Crippen LogP contribution < -0.4 is 0 Å². The minimum atomic E-state index is -0.587. The van der Waals surface area contributed by atoms with Gasteiger partial charge in [-0.15, -0.1) is 0 Å². The molecule has 0 aliphatic heterocycles. The van der Waals surface area contributed by atoms with Gasteiger partial charge in [-0.25, -0.2) is 0 Å². The highest BCUT2D eigenvalue weighted by Crippen LogP contribution is 2.26. The molecule has 0 radical (unpaired) electrons. The Labute approximate surface area is 99.2 Å². The second-order valence-electron chi connectivity index (χ2n) is 2.69. The minimum Gasteiger partial charge on any atom is -0.396 e. The number of aliphatic hydroxyl groups is 2. The molecule has 72 valence electrons. The van der Waals surface area contributed by atoms with Crippen LogP contribution in [0.5, 0.6) is 0 Å². The lowest BCUT2D eigenvalue weighted by Crippen LogP contribution is -2.01. The van der Waals surface area contributed by atoms with Crippen molar-refractivity contribution in [3.05, 3.63) is 31.8 Å². The molecule has 0 aromatic heterocycles. The molecule has 1 rings (SSSR count). The van der Waals surface area contributed by atoms with E-state index < -0.39 is 6.10 Å². The largest absolute Gasteiger partial charge is 0.396 e. The summed E-state index contributed by atoms with van der Waals surface area (Å²) in [5.41, 5.74) is 0.828. The molecule has 0 fully saturated rings. The Balaban J connectivity index is 2.88. The molecule has 0 spiro atoms. The molecular formula is C9H10BrIO2. The van der Waals surface area contributed by atoms with E-state index >= 15 is 0 Å². The van der Waals surface area contributed by atoms with E-state index in [9.17, 15) is 5.11 Å². The van der Waals surface area contributed by atoms with Crippen LogP contribution in [0.1, 0.15) is 18.1 Å². The Morgan fingerprint density at radius 3 is 2.69 bits per heavy atom. The standard InChI is InChI=1S/C9H10BrIO2/c10-8-5-6(11)1-2-7(8)9(13)3-4-12/h1-2,5,9,12-13H,3-4H2. The Morgan fingerprint density at radius 1 is 1.46 bits per heavy atom. The highest BCUT2D eigenvalue weighted by atomic mass is 127. The van der Waals surface area contributed by atoms with Crippen LogP contribution in [0.15, 0.2) is 22.7 Å². The van der Waals surface area contributed by atoms with Gasteiger partial charge in [-0.3, -0.25) is 0 Å². The number of benzene rings is 1. The summed E-state index contributed by atoms with van der Waals surface area (Å²) in [6.45, 7) is -0.000404. The van der Waals surface area contributed by atoms with Crippen molar-refractivity contribution < 1.29 is 10.2 Å². The molecule has 1 atom stereocenters. The minimum absolute atomic E-state index is 0.000404. The highest BCUT2D eigenvalue weighted by Gasteiger charge is 2.10. The van der Waals surface area contributed by atoms with E-state index in [0.717, 1.165) is 13.6 Å². The Kier molecular flexibility index (Phi) is 4.64. The third-order valence-electron chi connectivity index (χ3n) is 1.72. The lowest BCUT2D eigenvalue weighted by atomic mass is 10.1. The van der Waals surface area contributed by atoms with Crippen molar-refractivity contribution in [2.24, 2.45) is 0 Å². The molecule has 1 aromatic rings. The van der Waals surface area contributed by atoms with Crippen molar-refractivity contribution in [1.29, 1.82) is 0 Å². The summed E-state index contributed by atoms with van der Waals surface area (Å²) < 4.78 is 2.00. The number of rotatable bonds is 3. The first-order valence-corrected chi connectivity index (χ1v) is 5.76. The smallest absolute Gasteiger partial charge is 0.0822 e. The van der Waals surface area contributed by atoms with E-state index in [1.807, 2.05) is 18.2 Å². The highest BCUT2D eigenvalue weighted by molar-refractivity contribution is 14.1. The normalized spacial score (nSPS) is 12.9. The van der Waals surface area contributed by atoms with Gasteiger partial charge in [0.15, 0.2) is 0 Å². The number of aliphatic hydroxyl groups excluding tert-OH is 2. The van der Waals surface area contributed by atoms with E-state index in [2.05, 4.69) is 38.5 Å². The predicted octanol–water partition coefficient (Wildman–Crippen LogP) is 2.47. The SMILES string of the molecule is OCCC(O)c1ccc(I)cc1Br. The Hall–Kier alpha value is 0.350. The van der Waals surface area contributed by atoms with Crippen LogP contribution in [0.25, 0.3) is 0 Å². The second-order valence-corrected chi connectivity index (χ2v) is 4.79. The lowest BCUT2D eigenvalue weighted by Gasteiger charge is -2.11. The second kappa shape index (κ2) is 5.29. The van der Waals surface area contributed by atoms with Gasteiger partial charge in [0.1, 0.15) is 0 Å². The molecule has 1 unspecified atom stereocenters. The molecule has 2 nitrogen and oxygen atoms in total. The molecule has 0 aliphatic carbocycles. The summed E-state index contributed by atoms with van der Waals surface area (Å²) in [6, 6.07) is 5.74. The first-order chi connectivity index (χ1) is 6.15. The molecule has 2 N–H and O–H groups in total. The molecule has 1 aromatic carbocycles. The first kappa shape index (κ1) is 11.4. The maximum Gasteiger partial charge on any atom is 0.0822 e. The molecule has 0 saturated heterocycles. The maximum atomic E-state index is 9.60. The van der Waals surface area contributed by atoms with Crippen molar-refractivity contribution >= 4 is 38.5 Å². The average molecular weight is 357 g/mol. The van der Waals surface area contributed by atoms with Gasteiger partial charge >= 0.3 is 0 Å². The monoisotopic (exact) mass is 356 g/mol. The summed E-state index contributed by atoms with van der Waals surface area (Å²) in [6.07, 6.45) is -0.212. The van der Waals surface area contributed by atoms with Crippen molar-refractivity contribution in [2.75, 3.05) is 6.61 Å². The summed E-state index contributed by atoms with van der Waals surface area (Å²) in [7, 11) is 0. The maximum absolute atomic E-state index is 9.60. The van der Waals surface area contributed by atoms with Crippen LogP contribution >= 0.6 is 38.5 Å². The fraction of sp³-hybridized carbons (Fsp3) is 0.333. The summed E-state index contributed by atoms with van der Waals surface area (Å²) >= 11 is 5.58. The zero-order valence-corrected chi connectivity index (χ0v) is 10.6. The number of hydrogen-bond acceptors (Lipinski definition) is 2.